The summed E-state index contributed by atoms with van der Waals surface area (Å²) in [5, 5.41) is 15.0. The Bertz CT molecular complexity index is 585. The summed E-state index contributed by atoms with van der Waals surface area (Å²) in [4.78, 5) is 15.5. The molecule has 0 fully saturated rings. The van der Waals surface area contributed by atoms with E-state index in [9.17, 15) is 9.90 Å². The van der Waals surface area contributed by atoms with Crippen LogP contribution in [-0.2, 0) is 11.8 Å². The molecule has 0 aliphatic carbocycles. The molecule has 1 amide bonds. The number of aromatic nitrogens is 2. The Morgan fingerprint density at radius 1 is 1.65 bits per heavy atom. The Hall–Kier alpha value is -1.44. The monoisotopic (exact) mass is 297 g/mol. The summed E-state index contributed by atoms with van der Waals surface area (Å²) in [6.07, 6.45) is -0.674. The van der Waals surface area contributed by atoms with Gasteiger partial charge < -0.3 is 14.7 Å². The van der Waals surface area contributed by atoms with Gasteiger partial charge in [0.2, 0.25) is 0 Å². The number of hydrogen-bond acceptors (Lipinski definition) is 5. The lowest BCUT2D eigenvalue weighted by Crippen LogP contribution is -2.35. The van der Waals surface area contributed by atoms with E-state index in [2.05, 4.69) is 5.10 Å². The predicted molar refractivity (Wildman–Crippen MR) is 78.2 cm³/mol. The molecular weight excluding hydrogens is 278 g/mol. The Kier molecular flexibility index (Phi) is 4.42. The van der Waals surface area contributed by atoms with E-state index >= 15 is 0 Å². The van der Waals surface area contributed by atoms with E-state index in [0.717, 1.165) is 15.9 Å². The highest BCUT2D eigenvalue weighted by atomic mass is 32.1. The molecule has 1 N–H and O–H groups in total. The summed E-state index contributed by atoms with van der Waals surface area (Å²) in [6, 6.07) is 1.86. The maximum atomic E-state index is 12.3. The second-order valence-corrected chi connectivity index (χ2v) is 5.86. The number of ether oxygens (including phenoxy) is 1. The zero-order chi connectivity index (χ0) is 14.9. The molecule has 0 aromatic carbocycles. The largest absolute Gasteiger partial charge is 0.389 e. The highest BCUT2D eigenvalue weighted by molar-refractivity contribution is 7.20. The standard InChI is InChI=1S/C13H19N3O3S/c1-8-10-5-11(20-13(10)16(3)14-8)12(18)15(2)6-9(17)7-19-4/h5,9,17H,6-7H2,1-4H3. The summed E-state index contributed by atoms with van der Waals surface area (Å²) in [5.41, 5.74) is 0.917. The first-order valence-electron chi connectivity index (χ1n) is 6.29. The maximum absolute atomic E-state index is 12.3. The van der Waals surface area contributed by atoms with E-state index in [1.807, 2.05) is 20.0 Å². The summed E-state index contributed by atoms with van der Waals surface area (Å²) < 4.78 is 6.64. The van der Waals surface area contributed by atoms with E-state index in [4.69, 9.17) is 4.74 Å². The van der Waals surface area contributed by atoms with Gasteiger partial charge in [-0.1, -0.05) is 0 Å². The quantitative estimate of drug-likeness (QED) is 0.895. The molecule has 0 saturated carbocycles. The van der Waals surface area contributed by atoms with Crippen LogP contribution in [0.1, 0.15) is 15.4 Å². The van der Waals surface area contributed by atoms with Crippen LogP contribution in [0.4, 0.5) is 0 Å². The van der Waals surface area contributed by atoms with E-state index in [1.165, 1.54) is 23.3 Å². The molecule has 0 radical (unpaired) electrons. The van der Waals surface area contributed by atoms with Crippen molar-refractivity contribution in [1.29, 1.82) is 0 Å². The number of fused-ring (bicyclic) bond motifs is 1. The molecule has 2 rings (SSSR count). The van der Waals surface area contributed by atoms with Crippen LogP contribution in [0.2, 0.25) is 0 Å². The minimum Gasteiger partial charge on any atom is -0.389 e. The van der Waals surface area contributed by atoms with Gasteiger partial charge in [-0.25, -0.2) is 0 Å². The summed E-state index contributed by atoms with van der Waals surface area (Å²) in [7, 11) is 5.07. The summed E-state index contributed by atoms with van der Waals surface area (Å²) >= 11 is 1.42. The van der Waals surface area contributed by atoms with Crippen molar-refractivity contribution in [3.63, 3.8) is 0 Å². The smallest absolute Gasteiger partial charge is 0.263 e. The van der Waals surface area contributed by atoms with Crippen LogP contribution >= 0.6 is 11.3 Å². The molecule has 1 unspecified atom stereocenters. The summed E-state index contributed by atoms with van der Waals surface area (Å²) in [6.45, 7) is 2.39. The number of rotatable bonds is 5. The lowest BCUT2D eigenvalue weighted by atomic mass is 10.3. The third kappa shape index (κ3) is 2.84. The van der Waals surface area contributed by atoms with E-state index in [1.54, 1.807) is 11.7 Å². The molecule has 0 aliphatic heterocycles. The summed E-state index contributed by atoms with van der Waals surface area (Å²) in [5.74, 6) is -0.0965. The Morgan fingerprint density at radius 3 is 2.95 bits per heavy atom. The Morgan fingerprint density at radius 2 is 2.35 bits per heavy atom. The fraction of sp³-hybridized carbons (Fsp3) is 0.538. The van der Waals surface area contributed by atoms with Gasteiger partial charge in [-0.2, -0.15) is 5.10 Å². The molecule has 7 heteroatoms. The number of carbonyl (C=O) groups excluding carboxylic acids is 1. The second kappa shape index (κ2) is 5.90. The van der Waals surface area contributed by atoms with Gasteiger partial charge in [-0.15, -0.1) is 11.3 Å². The molecule has 0 aliphatic rings. The number of methoxy groups -OCH3 is 1. The first-order chi connectivity index (χ1) is 9.43. The first kappa shape index (κ1) is 15.0. The zero-order valence-corrected chi connectivity index (χ0v) is 12.9. The van der Waals surface area contributed by atoms with Gasteiger partial charge in [-0.3, -0.25) is 9.48 Å². The molecule has 0 bridgehead atoms. The van der Waals surface area contributed by atoms with Crippen LogP contribution in [0.15, 0.2) is 6.07 Å². The molecule has 0 saturated heterocycles. The fourth-order valence-electron chi connectivity index (χ4n) is 2.14. The molecule has 2 aromatic rings. The maximum Gasteiger partial charge on any atom is 0.263 e. The molecule has 6 nitrogen and oxygen atoms in total. The number of thiophene rings is 1. The molecular formula is C13H19N3O3S. The molecule has 20 heavy (non-hydrogen) atoms. The van der Waals surface area contributed by atoms with Crippen molar-refractivity contribution >= 4 is 27.5 Å². The van der Waals surface area contributed by atoms with Crippen molar-refractivity contribution in [3.8, 4) is 0 Å². The van der Waals surface area contributed by atoms with Crippen molar-refractivity contribution in [2.75, 3.05) is 27.3 Å². The van der Waals surface area contributed by atoms with Crippen molar-refractivity contribution in [2.45, 2.75) is 13.0 Å². The Balaban J connectivity index is 2.16. The van der Waals surface area contributed by atoms with Crippen LogP contribution in [0.25, 0.3) is 10.2 Å². The predicted octanol–water partition coefficient (Wildman–Crippen LogP) is 1.02. The molecule has 0 spiro atoms. The number of aryl methyl sites for hydroxylation is 2. The number of aliphatic hydroxyl groups excluding tert-OH is 1. The third-order valence-corrected chi connectivity index (χ3v) is 4.29. The topological polar surface area (TPSA) is 67.6 Å². The van der Waals surface area contributed by atoms with Gasteiger partial charge in [0.15, 0.2) is 0 Å². The van der Waals surface area contributed by atoms with Crippen LogP contribution in [0.5, 0.6) is 0 Å². The lowest BCUT2D eigenvalue weighted by Gasteiger charge is -2.19. The van der Waals surface area contributed by atoms with Crippen LogP contribution in [0, 0.1) is 6.92 Å². The minimum atomic E-state index is -0.674. The van der Waals surface area contributed by atoms with Gasteiger partial charge in [0.1, 0.15) is 4.83 Å². The molecule has 2 aromatic heterocycles. The minimum absolute atomic E-state index is 0.0965. The number of hydrogen-bond donors (Lipinski definition) is 1. The second-order valence-electron chi connectivity index (χ2n) is 4.83. The Labute approximate surface area is 121 Å². The van der Waals surface area contributed by atoms with Crippen LogP contribution in [0.3, 0.4) is 0 Å². The number of carbonyl (C=O) groups is 1. The zero-order valence-electron chi connectivity index (χ0n) is 12.1. The normalized spacial score (nSPS) is 12.8. The van der Waals surface area contributed by atoms with Gasteiger partial charge >= 0.3 is 0 Å². The van der Waals surface area contributed by atoms with Crippen molar-refractivity contribution in [1.82, 2.24) is 14.7 Å². The van der Waals surface area contributed by atoms with E-state index < -0.39 is 6.10 Å². The van der Waals surface area contributed by atoms with Crippen molar-refractivity contribution in [2.24, 2.45) is 7.05 Å². The lowest BCUT2D eigenvalue weighted by molar-refractivity contribution is 0.0382. The molecule has 2 heterocycles. The highest BCUT2D eigenvalue weighted by Gasteiger charge is 2.19. The third-order valence-electron chi connectivity index (χ3n) is 3.10. The van der Waals surface area contributed by atoms with Crippen molar-refractivity contribution < 1.29 is 14.6 Å². The number of likely N-dealkylation sites (N-methyl/N-ethyl adjacent to an activating group) is 1. The van der Waals surface area contributed by atoms with Gasteiger partial charge in [0.25, 0.3) is 5.91 Å². The van der Waals surface area contributed by atoms with Crippen molar-refractivity contribution in [3.05, 3.63) is 16.6 Å². The number of nitrogens with zero attached hydrogens (tertiary/aromatic N) is 3. The molecule has 1 atom stereocenters. The number of aliphatic hydroxyl groups is 1. The average Bonchev–Trinajstić information content (AvgIpc) is 2.91. The fourth-order valence-corrected chi connectivity index (χ4v) is 3.26. The van der Waals surface area contributed by atoms with E-state index in [0.29, 0.717) is 4.88 Å². The van der Waals surface area contributed by atoms with Crippen LogP contribution < -0.4 is 0 Å². The van der Waals surface area contributed by atoms with Crippen LogP contribution in [-0.4, -0.2) is 59.1 Å². The number of amides is 1. The average molecular weight is 297 g/mol. The SMILES string of the molecule is COCC(O)CN(C)C(=O)c1cc2c(C)nn(C)c2s1. The highest BCUT2D eigenvalue weighted by Crippen LogP contribution is 2.28. The van der Waals surface area contributed by atoms with E-state index in [-0.39, 0.29) is 19.1 Å². The molecule has 110 valence electrons. The first-order valence-corrected chi connectivity index (χ1v) is 7.11. The van der Waals surface area contributed by atoms with Gasteiger partial charge in [-0.05, 0) is 13.0 Å². The van der Waals surface area contributed by atoms with Gasteiger partial charge in [0, 0.05) is 33.1 Å². The van der Waals surface area contributed by atoms with Gasteiger partial charge in [0.05, 0.1) is 23.3 Å².